The van der Waals surface area contributed by atoms with Gasteiger partial charge in [0.25, 0.3) is 0 Å². The summed E-state index contributed by atoms with van der Waals surface area (Å²) in [4.78, 5) is 32.2. The van der Waals surface area contributed by atoms with Gasteiger partial charge in [-0.15, -0.1) is 0 Å². The van der Waals surface area contributed by atoms with E-state index >= 15 is 0 Å². The molecule has 1 aliphatic heterocycles. The molecule has 1 atom stereocenters. The van der Waals surface area contributed by atoms with Crippen LogP contribution in [0.25, 0.3) is 16.7 Å². The largest absolute Gasteiger partial charge is 0.494 e. The molecule has 5 rings (SSSR count). The van der Waals surface area contributed by atoms with Crippen LogP contribution in [0.5, 0.6) is 5.75 Å². The topological polar surface area (TPSA) is 113 Å². The molecule has 1 aliphatic rings. The Kier molecular flexibility index (Phi) is 6.09. The maximum absolute atomic E-state index is 13.2. The Morgan fingerprint density at radius 1 is 1.22 bits per heavy atom. The SMILES string of the molecule is COc1cccc2c(C)cc(-n3ncc(C#N)c3NC(=O)C3CC(=O)N(Cc4ccccc4)C3)nc12. The molecule has 1 unspecified atom stereocenters. The number of anilines is 1. The second-order valence-electron chi connectivity index (χ2n) is 8.73. The number of hydrogen-bond donors (Lipinski definition) is 1. The summed E-state index contributed by atoms with van der Waals surface area (Å²) in [6.45, 7) is 2.71. The van der Waals surface area contributed by atoms with Crippen LogP contribution in [0.2, 0.25) is 0 Å². The number of fused-ring (bicyclic) bond motifs is 1. The number of amides is 2. The fraction of sp³-hybridized carbons (Fsp3) is 0.222. The lowest BCUT2D eigenvalue weighted by Gasteiger charge is -2.17. The average molecular weight is 481 g/mol. The first-order valence-electron chi connectivity index (χ1n) is 11.5. The van der Waals surface area contributed by atoms with Crippen LogP contribution in [0.1, 0.15) is 23.1 Å². The van der Waals surface area contributed by atoms with Gasteiger partial charge in [-0.1, -0.05) is 42.5 Å². The lowest BCUT2D eigenvalue weighted by Crippen LogP contribution is -2.28. The first-order valence-corrected chi connectivity index (χ1v) is 11.5. The van der Waals surface area contributed by atoms with E-state index in [2.05, 4.69) is 16.5 Å². The number of carbonyl (C=O) groups is 2. The van der Waals surface area contributed by atoms with Gasteiger partial charge in [0, 0.05) is 24.9 Å². The number of rotatable bonds is 6. The molecule has 1 saturated heterocycles. The predicted molar refractivity (Wildman–Crippen MR) is 133 cm³/mol. The minimum atomic E-state index is -0.539. The van der Waals surface area contributed by atoms with Crippen molar-refractivity contribution in [3.8, 4) is 17.6 Å². The van der Waals surface area contributed by atoms with Crippen molar-refractivity contribution in [1.82, 2.24) is 19.7 Å². The fourth-order valence-electron chi connectivity index (χ4n) is 4.49. The van der Waals surface area contributed by atoms with Crippen LogP contribution in [0, 0.1) is 24.2 Å². The van der Waals surface area contributed by atoms with Crippen LogP contribution in [0.15, 0.2) is 60.8 Å². The summed E-state index contributed by atoms with van der Waals surface area (Å²) in [6.07, 6.45) is 1.50. The van der Waals surface area contributed by atoms with E-state index in [0.29, 0.717) is 30.2 Å². The Bertz CT molecular complexity index is 1510. The smallest absolute Gasteiger partial charge is 0.230 e. The van der Waals surface area contributed by atoms with Crippen LogP contribution < -0.4 is 10.1 Å². The number of likely N-dealkylation sites (tertiary alicyclic amines) is 1. The van der Waals surface area contributed by atoms with Gasteiger partial charge in [0.15, 0.2) is 11.6 Å². The van der Waals surface area contributed by atoms with Crippen molar-refractivity contribution in [2.45, 2.75) is 19.9 Å². The number of methoxy groups -OCH3 is 1. The van der Waals surface area contributed by atoms with Crippen LogP contribution >= 0.6 is 0 Å². The molecule has 1 fully saturated rings. The van der Waals surface area contributed by atoms with Gasteiger partial charge < -0.3 is 15.0 Å². The maximum atomic E-state index is 13.2. The van der Waals surface area contributed by atoms with Crippen LogP contribution in [0.4, 0.5) is 5.82 Å². The number of para-hydroxylation sites is 1. The first kappa shape index (κ1) is 23.1. The van der Waals surface area contributed by atoms with Gasteiger partial charge in [-0.25, -0.2) is 4.98 Å². The van der Waals surface area contributed by atoms with Crippen molar-refractivity contribution in [2.24, 2.45) is 5.92 Å². The molecule has 1 N–H and O–H groups in total. The molecule has 36 heavy (non-hydrogen) atoms. The number of aryl methyl sites for hydroxylation is 1. The molecule has 4 aromatic rings. The molecule has 180 valence electrons. The second-order valence-corrected chi connectivity index (χ2v) is 8.73. The Balaban J connectivity index is 1.42. The Hall–Kier alpha value is -4.71. The lowest BCUT2D eigenvalue weighted by atomic mass is 10.1. The summed E-state index contributed by atoms with van der Waals surface area (Å²) in [5.74, 6) is 0.312. The summed E-state index contributed by atoms with van der Waals surface area (Å²) in [6, 6.07) is 19.2. The number of benzene rings is 2. The molecular formula is C27H24N6O3. The average Bonchev–Trinajstić information content (AvgIpc) is 3.47. The highest BCUT2D eigenvalue weighted by Gasteiger charge is 2.35. The van der Waals surface area contributed by atoms with Crippen LogP contribution in [0.3, 0.4) is 0 Å². The minimum Gasteiger partial charge on any atom is -0.494 e. The van der Waals surface area contributed by atoms with E-state index in [9.17, 15) is 14.9 Å². The molecule has 0 radical (unpaired) electrons. The van der Waals surface area contributed by atoms with Crippen molar-refractivity contribution in [1.29, 1.82) is 5.26 Å². The third kappa shape index (κ3) is 4.25. The highest BCUT2D eigenvalue weighted by atomic mass is 16.5. The number of nitrogens with one attached hydrogen (secondary N) is 1. The van der Waals surface area contributed by atoms with E-state index < -0.39 is 5.92 Å². The number of carbonyl (C=O) groups excluding carboxylic acids is 2. The second kappa shape index (κ2) is 9.50. The molecule has 9 heteroatoms. The maximum Gasteiger partial charge on any atom is 0.230 e. The van der Waals surface area contributed by atoms with Gasteiger partial charge in [0.2, 0.25) is 11.8 Å². The molecule has 0 bridgehead atoms. The number of hydrogen-bond acceptors (Lipinski definition) is 6. The molecule has 9 nitrogen and oxygen atoms in total. The van der Waals surface area contributed by atoms with Crippen molar-refractivity contribution >= 4 is 28.5 Å². The van der Waals surface area contributed by atoms with Gasteiger partial charge >= 0.3 is 0 Å². The van der Waals surface area contributed by atoms with E-state index in [-0.39, 0.29) is 29.6 Å². The Morgan fingerprint density at radius 3 is 2.78 bits per heavy atom. The molecule has 2 aromatic heterocycles. The Labute approximate surface area is 207 Å². The van der Waals surface area contributed by atoms with E-state index in [1.165, 1.54) is 10.9 Å². The number of nitrogens with zero attached hydrogens (tertiary/aromatic N) is 5. The van der Waals surface area contributed by atoms with Crippen molar-refractivity contribution in [3.63, 3.8) is 0 Å². The van der Waals surface area contributed by atoms with Gasteiger partial charge in [-0.2, -0.15) is 15.0 Å². The number of aromatic nitrogens is 3. The minimum absolute atomic E-state index is 0.0769. The normalized spacial score (nSPS) is 15.2. The summed E-state index contributed by atoms with van der Waals surface area (Å²) < 4.78 is 6.91. The summed E-state index contributed by atoms with van der Waals surface area (Å²) >= 11 is 0. The van der Waals surface area contributed by atoms with Crippen LogP contribution in [-0.4, -0.2) is 45.1 Å². The van der Waals surface area contributed by atoms with E-state index in [0.717, 1.165) is 16.5 Å². The summed E-state index contributed by atoms with van der Waals surface area (Å²) in [5, 5.41) is 17.8. The van der Waals surface area contributed by atoms with Crippen molar-refractivity contribution in [2.75, 3.05) is 19.0 Å². The van der Waals surface area contributed by atoms with E-state index in [1.807, 2.05) is 61.5 Å². The molecule has 2 aromatic carbocycles. The predicted octanol–water partition coefficient (Wildman–Crippen LogP) is 3.60. The van der Waals surface area contributed by atoms with Gasteiger partial charge in [-0.3, -0.25) is 9.59 Å². The van der Waals surface area contributed by atoms with Gasteiger partial charge in [-0.05, 0) is 30.2 Å². The summed E-state index contributed by atoms with van der Waals surface area (Å²) in [5.41, 5.74) is 2.80. The third-order valence-corrected chi connectivity index (χ3v) is 6.37. The summed E-state index contributed by atoms with van der Waals surface area (Å²) in [7, 11) is 1.58. The number of nitriles is 1. The van der Waals surface area contributed by atoms with Crippen molar-refractivity contribution < 1.29 is 14.3 Å². The number of ether oxygens (including phenoxy) is 1. The lowest BCUT2D eigenvalue weighted by molar-refractivity contribution is -0.128. The highest BCUT2D eigenvalue weighted by molar-refractivity contribution is 5.97. The first-order chi connectivity index (χ1) is 17.5. The fourth-order valence-corrected chi connectivity index (χ4v) is 4.49. The van der Waals surface area contributed by atoms with Gasteiger partial charge in [0.05, 0.1) is 19.2 Å². The van der Waals surface area contributed by atoms with E-state index in [4.69, 9.17) is 9.72 Å². The standard InChI is InChI=1S/C27H24N6O3/c1-17-11-23(30-25-21(17)9-6-10-22(25)36-2)33-26(20(13-28)14-29-33)31-27(35)19-12-24(34)32(16-19)15-18-7-4-3-5-8-18/h3-11,14,19H,12,15-16H2,1-2H3,(H,31,35). The molecule has 0 aliphatic carbocycles. The monoisotopic (exact) mass is 480 g/mol. The third-order valence-electron chi connectivity index (χ3n) is 6.37. The zero-order valence-electron chi connectivity index (χ0n) is 19.9. The molecule has 0 saturated carbocycles. The molecule has 2 amide bonds. The van der Waals surface area contributed by atoms with Crippen molar-refractivity contribution in [3.05, 3.63) is 77.5 Å². The molecule has 3 heterocycles. The molecule has 0 spiro atoms. The quantitative estimate of drug-likeness (QED) is 0.451. The number of pyridine rings is 1. The van der Waals surface area contributed by atoms with Crippen LogP contribution in [-0.2, 0) is 16.1 Å². The zero-order valence-corrected chi connectivity index (χ0v) is 19.9. The molecular weight excluding hydrogens is 456 g/mol. The van der Waals surface area contributed by atoms with Gasteiger partial charge in [0.1, 0.15) is 22.9 Å². The zero-order chi connectivity index (χ0) is 25.2. The Morgan fingerprint density at radius 2 is 2.03 bits per heavy atom. The van der Waals surface area contributed by atoms with E-state index in [1.54, 1.807) is 12.0 Å². The highest BCUT2D eigenvalue weighted by Crippen LogP contribution is 2.29.